The van der Waals surface area contributed by atoms with Crippen LogP contribution in [0.2, 0.25) is 0 Å². The zero-order chi connectivity index (χ0) is 13.0. The van der Waals surface area contributed by atoms with Crippen molar-refractivity contribution in [3.63, 3.8) is 0 Å². The number of hydrogen-bond donors (Lipinski definition) is 0. The van der Waals surface area contributed by atoms with Crippen molar-refractivity contribution in [2.75, 3.05) is 0 Å². The first-order chi connectivity index (χ1) is 8.68. The maximum atomic E-state index is 11.9. The summed E-state index contributed by atoms with van der Waals surface area (Å²) in [6.07, 6.45) is 6.07. The van der Waals surface area contributed by atoms with Crippen molar-refractivity contribution in [1.29, 1.82) is 0 Å². The third-order valence-electron chi connectivity index (χ3n) is 2.59. The molecular weight excluding hydrogens is 228 g/mol. The maximum Gasteiger partial charge on any atom is 0.194 e. The highest BCUT2D eigenvalue weighted by molar-refractivity contribution is 6.01. The minimum atomic E-state index is -0.380. The van der Waals surface area contributed by atoms with E-state index in [4.69, 9.17) is 4.74 Å². The lowest BCUT2D eigenvalue weighted by Crippen LogP contribution is -2.09. The number of epoxide rings is 1. The van der Waals surface area contributed by atoms with Gasteiger partial charge in [0.15, 0.2) is 17.7 Å². The van der Waals surface area contributed by atoms with Crippen molar-refractivity contribution in [3.05, 3.63) is 60.2 Å². The Morgan fingerprint density at radius 2 is 1.89 bits per heavy atom. The molecule has 1 saturated heterocycles. The molecule has 1 aliphatic rings. The quantitative estimate of drug-likeness (QED) is 0.344. The zero-order valence-corrected chi connectivity index (χ0v) is 10.1. The molecule has 3 heteroatoms. The van der Waals surface area contributed by atoms with Crippen molar-refractivity contribution < 1.29 is 14.3 Å². The van der Waals surface area contributed by atoms with Gasteiger partial charge in [-0.25, -0.2) is 0 Å². The first kappa shape index (κ1) is 12.5. The van der Waals surface area contributed by atoms with Crippen molar-refractivity contribution in [3.8, 4) is 0 Å². The number of ether oxygens (including phenoxy) is 1. The highest BCUT2D eigenvalue weighted by atomic mass is 16.6. The van der Waals surface area contributed by atoms with Crippen LogP contribution in [0.25, 0.3) is 0 Å². The van der Waals surface area contributed by atoms with E-state index in [9.17, 15) is 9.59 Å². The monoisotopic (exact) mass is 242 g/mol. The van der Waals surface area contributed by atoms with Crippen LogP contribution < -0.4 is 0 Å². The molecule has 1 aliphatic heterocycles. The molecule has 92 valence electrons. The van der Waals surface area contributed by atoms with Gasteiger partial charge in [-0.3, -0.25) is 9.59 Å². The topological polar surface area (TPSA) is 46.7 Å². The number of hydrogen-bond acceptors (Lipinski definition) is 3. The molecule has 0 unspecified atom stereocenters. The van der Waals surface area contributed by atoms with E-state index in [0.29, 0.717) is 5.56 Å². The largest absolute Gasteiger partial charge is 0.356 e. The molecule has 0 N–H and O–H groups in total. The predicted octanol–water partition coefficient (Wildman–Crippen LogP) is 2.34. The van der Waals surface area contributed by atoms with Gasteiger partial charge >= 0.3 is 0 Å². The molecule has 0 aromatic heterocycles. The van der Waals surface area contributed by atoms with E-state index in [1.165, 1.54) is 13.0 Å². The van der Waals surface area contributed by atoms with Crippen molar-refractivity contribution in [2.24, 2.45) is 0 Å². The fraction of sp³-hybridized carbons (Fsp3) is 0.200. The minimum absolute atomic E-state index is 0.000738. The van der Waals surface area contributed by atoms with E-state index in [0.717, 1.165) is 0 Å². The van der Waals surface area contributed by atoms with E-state index in [1.807, 2.05) is 18.2 Å². The van der Waals surface area contributed by atoms with Gasteiger partial charge in [0.2, 0.25) is 0 Å². The Morgan fingerprint density at radius 3 is 2.56 bits per heavy atom. The van der Waals surface area contributed by atoms with Crippen LogP contribution in [0.3, 0.4) is 0 Å². The summed E-state index contributed by atoms with van der Waals surface area (Å²) in [5.41, 5.74) is 0.665. The third-order valence-corrected chi connectivity index (χ3v) is 2.59. The van der Waals surface area contributed by atoms with Crippen LogP contribution in [-0.4, -0.2) is 23.8 Å². The third kappa shape index (κ3) is 3.25. The van der Waals surface area contributed by atoms with E-state index >= 15 is 0 Å². The highest BCUT2D eigenvalue weighted by Gasteiger charge is 2.42. The molecule has 0 bridgehead atoms. The van der Waals surface area contributed by atoms with E-state index in [2.05, 4.69) is 0 Å². The highest BCUT2D eigenvalue weighted by Crippen LogP contribution is 2.27. The molecule has 18 heavy (non-hydrogen) atoms. The molecule has 1 aromatic carbocycles. The molecule has 1 fully saturated rings. The van der Waals surface area contributed by atoms with Crippen LogP contribution in [0, 0.1) is 0 Å². The number of rotatable bonds is 5. The van der Waals surface area contributed by atoms with Gasteiger partial charge in [-0.2, -0.15) is 0 Å². The van der Waals surface area contributed by atoms with E-state index in [-0.39, 0.29) is 23.8 Å². The van der Waals surface area contributed by atoms with Gasteiger partial charge in [0.05, 0.1) is 0 Å². The summed E-state index contributed by atoms with van der Waals surface area (Å²) < 4.78 is 5.29. The summed E-state index contributed by atoms with van der Waals surface area (Å²) in [4.78, 5) is 22.6. The summed E-state index contributed by atoms with van der Waals surface area (Å²) in [5, 5.41) is 0. The Morgan fingerprint density at radius 1 is 1.17 bits per heavy atom. The van der Waals surface area contributed by atoms with Crippen LogP contribution >= 0.6 is 0 Å². The molecule has 2 atom stereocenters. The van der Waals surface area contributed by atoms with Gasteiger partial charge in [-0.05, 0) is 13.0 Å². The summed E-state index contributed by atoms with van der Waals surface area (Å²) in [5.74, 6) is -0.00549. The van der Waals surface area contributed by atoms with Crippen LogP contribution in [-0.2, 0) is 9.53 Å². The molecule has 2 rings (SSSR count). The molecule has 1 aromatic rings. The Balaban J connectivity index is 1.88. The predicted molar refractivity (Wildman–Crippen MR) is 68.4 cm³/mol. The van der Waals surface area contributed by atoms with Crippen molar-refractivity contribution in [1.82, 2.24) is 0 Å². The average Bonchev–Trinajstić information content (AvgIpc) is 3.14. The number of ketones is 2. The second kappa shape index (κ2) is 5.56. The first-order valence-corrected chi connectivity index (χ1v) is 5.78. The molecule has 0 aliphatic carbocycles. The second-order valence-corrected chi connectivity index (χ2v) is 4.11. The average molecular weight is 242 g/mol. The van der Waals surface area contributed by atoms with Gasteiger partial charge in [0.1, 0.15) is 6.10 Å². The Kier molecular flexibility index (Phi) is 3.85. The minimum Gasteiger partial charge on any atom is -0.356 e. The fourth-order valence-electron chi connectivity index (χ4n) is 1.61. The maximum absolute atomic E-state index is 11.9. The van der Waals surface area contributed by atoms with Crippen LogP contribution in [0.5, 0.6) is 0 Å². The standard InChI is InChI=1S/C15H14O3/c1-11(16)7-5-6-10-13-15(18-13)14(17)12-8-3-2-4-9-12/h2-10,13,15H,1H3/b7-5+,10-6+/t13-,15+/m0/s1. The van der Waals surface area contributed by atoms with Gasteiger partial charge in [-0.1, -0.05) is 48.6 Å². The molecule has 0 radical (unpaired) electrons. The summed E-state index contributed by atoms with van der Waals surface area (Å²) in [6.45, 7) is 1.49. The number of carbonyl (C=O) groups excluding carboxylic acids is 2. The summed E-state index contributed by atoms with van der Waals surface area (Å²) in [6, 6.07) is 9.08. The van der Waals surface area contributed by atoms with E-state index < -0.39 is 0 Å². The summed E-state index contributed by atoms with van der Waals surface area (Å²) >= 11 is 0. The number of benzene rings is 1. The number of allylic oxidation sites excluding steroid dienone is 3. The molecule has 0 spiro atoms. The van der Waals surface area contributed by atoms with Gasteiger partial charge in [-0.15, -0.1) is 0 Å². The lowest BCUT2D eigenvalue weighted by molar-refractivity contribution is -0.112. The molecular formula is C15H14O3. The molecule has 1 heterocycles. The number of carbonyl (C=O) groups is 2. The Hall–Kier alpha value is -2.00. The molecule has 0 amide bonds. The molecule has 3 nitrogen and oxygen atoms in total. The lowest BCUT2D eigenvalue weighted by atomic mass is 10.1. The van der Waals surface area contributed by atoms with E-state index in [1.54, 1.807) is 30.4 Å². The van der Waals surface area contributed by atoms with Crippen LogP contribution in [0.1, 0.15) is 17.3 Å². The van der Waals surface area contributed by atoms with Gasteiger partial charge < -0.3 is 4.74 Å². The SMILES string of the molecule is CC(=O)/C=C/C=C/[C@@H]1O[C@H]1C(=O)c1ccccc1. The van der Waals surface area contributed by atoms with Gasteiger partial charge in [0, 0.05) is 5.56 Å². The van der Waals surface area contributed by atoms with Crippen LogP contribution in [0.15, 0.2) is 54.6 Å². The lowest BCUT2D eigenvalue weighted by Gasteiger charge is -1.94. The van der Waals surface area contributed by atoms with Gasteiger partial charge in [0.25, 0.3) is 0 Å². The Bertz CT molecular complexity index is 500. The fourth-order valence-corrected chi connectivity index (χ4v) is 1.61. The van der Waals surface area contributed by atoms with Crippen LogP contribution in [0.4, 0.5) is 0 Å². The zero-order valence-electron chi connectivity index (χ0n) is 10.1. The summed E-state index contributed by atoms with van der Waals surface area (Å²) in [7, 11) is 0. The van der Waals surface area contributed by atoms with Crippen molar-refractivity contribution in [2.45, 2.75) is 19.1 Å². The normalized spacial score (nSPS) is 22.5. The Labute approximate surface area is 106 Å². The number of Topliss-reactive ketones (excluding diaryl/α,β-unsaturated/α-hetero) is 1. The molecule has 0 saturated carbocycles. The first-order valence-electron chi connectivity index (χ1n) is 5.78. The second-order valence-electron chi connectivity index (χ2n) is 4.11. The van der Waals surface area contributed by atoms with Crippen molar-refractivity contribution >= 4 is 11.6 Å². The smallest absolute Gasteiger partial charge is 0.194 e.